The Kier molecular flexibility index (Phi) is 3.29. The Balaban J connectivity index is 1.79. The number of aromatic amines is 1. The molecule has 0 fully saturated rings. The maximum absolute atomic E-state index is 5.22. The fourth-order valence-corrected chi connectivity index (χ4v) is 2.31. The molecule has 0 radical (unpaired) electrons. The van der Waals surface area contributed by atoms with Crippen LogP contribution in [0.3, 0.4) is 0 Å². The fourth-order valence-electron chi connectivity index (χ4n) is 2.31. The van der Waals surface area contributed by atoms with E-state index in [9.17, 15) is 0 Å². The lowest BCUT2D eigenvalue weighted by atomic mass is 10.1. The summed E-state index contributed by atoms with van der Waals surface area (Å²) in [7, 11) is 1.68. The minimum atomic E-state index is 0.763. The Morgan fingerprint density at radius 2 is 2.20 bits per heavy atom. The fraction of sp³-hybridized carbons (Fsp3) is 0.188. The first-order chi connectivity index (χ1) is 9.78. The smallest absolute Gasteiger partial charge is 0.137 e. The van der Waals surface area contributed by atoms with E-state index in [1.807, 2.05) is 30.5 Å². The van der Waals surface area contributed by atoms with Gasteiger partial charge in [-0.15, -0.1) is 0 Å². The number of hydrogen-bond acceptors (Lipinski definition) is 3. The number of fused-ring (bicyclic) bond motifs is 1. The molecule has 3 aromatic rings. The zero-order valence-corrected chi connectivity index (χ0v) is 11.6. The highest BCUT2D eigenvalue weighted by Crippen LogP contribution is 2.23. The monoisotopic (exact) mass is 267 g/mol. The molecule has 0 saturated carbocycles. The summed E-state index contributed by atoms with van der Waals surface area (Å²) in [5, 5.41) is 4.61. The lowest BCUT2D eigenvalue weighted by Gasteiger charge is -2.10. The summed E-state index contributed by atoms with van der Waals surface area (Å²) in [6.07, 6.45) is 3.80. The van der Waals surface area contributed by atoms with Crippen LogP contribution in [0.25, 0.3) is 11.0 Å². The summed E-state index contributed by atoms with van der Waals surface area (Å²) in [5.74, 6) is 0.879. The normalized spacial score (nSPS) is 10.7. The Labute approximate surface area is 117 Å². The summed E-state index contributed by atoms with van der Waals surface area (Å²) in [6, 6.07) is 10.1. The predicted molar refractivity (Wildman–Crippen MR) is 81.2 cm³/mol. The second-order valence-corrected chi connectivity index (χ2v) is 4.75. The molecule has 0 bridgehead atoms. The van der Waals surface area contributed by atoms with E-state index < -0.39 is 0 Å². The van der Waals surface area contributed by atoms with Gasteiger partial charge in [0.15, 0.2) is 0 Å². The molecule has 4 nitrogen and oxygen atoms in total. The summed E-state index contributed by atoms with van der Waals surface area (Å²) < 4.78 is 5.22. The summed E-state index contributed by atoms with van der Waals surface area (Å²) >= 11 is 0. The number of ether oxygens (including phenoxy) is 1. The highest BCUT2D eigenvalue weighted by molar-refractivity contribution is 5.79. The second kappa shape index (κ2) is 5.25. The van der Waals surface area contributed by atoms with E-state index in [1.54, 1.807) is 13.3 Å². The van der Waals surface area contributed by atoms with Gasteiger partial charge >= 0.3 is 0 Å². The van der Waals surface area contributed by atoms with Crippen molar-refractivity contribution in [2.75, 3.05) is 12.4 Å². The minimum Gasteiger partial charge on any atom is -0.497 e. The van der Waals surface area contributed by atoms with E-state index >= 15 is 0 Å². The molecule has 0 aliphatic carbocycles. The first-order valence-corrected chi connectivity index (χ1v) is 6.57. The van der Waals surface area contributed by atoms with E-state index in [1.165, 1.54) is 11.1 Å². The standard InChI is InChI=1S/C16H17N3O/c1-11-8-13(20-2)5-6-15(11)18-9-12-10-19-16-14(12)4-3-7-17-16/h3-8,10,18H,9H2,1-2H3,(H,17,19). The molecule has 102 valence electrons. The van der Waals surface area contributed by atoms with Gasteiger partial charge in [0.05, 0.1) is 7.11 Å². The van der Waals surface area contributed by atoms with Crippen LogP contribution in [0.4, 0.5) is 5.69 Å². The van der Waals surface area contributed by atoms with Crippen LogP contribution in [0.2, 0.25) is 0 Å². The van der Waals surface area contributed by atoms with Gasteiger partial charge in [-0.25, -0.2) is 4.98 Å². The van der Waals surface area contributed by atoms with E-state index in [-0.39, 0.29) is 0 Å². The zero-order valence-electron chi connectivity index (χ0n) is 11.6. The number of benzene rings is 1. The number of H-pyrrole nitrogens is 1. The van der Waals surface area contributed by atoms with Crippen LogP contribution < -0.4 is 10.1 Å². The third-order valence-electron chi connectivity index (χ3n) is 3.44. The zero-order chi connectivity index (χ0) is 13.9. The van der Waals surface area contributed by atoms with Gasteiger partial charge in [-0.3, -0.25) is 0 Å². The van der Waals surface area contributed by atoms with Crippen molar-refractivity contribution in [2.45, 2.75) is 13.5 Å². The van der Waals surface area contributed by atoms with Crippen LogP contribution in [-0.4, -0.2) is 17.1 Å². The third-order valence-corrected chi connectivity index (χ3v) is 3.44. The summed E-state index contributed by atoms with van der Waals surface area (Å²) in [5.41, 5.74) is 4.42. The predicted octanol–water partition coefficient (Wildman–Crippen LogP) is 3.49. The van der Waals surface area contributed by atoms with Crippen LogP contribution in [0.5, 0.6) is 5.75 Å². The van der Waals surface area contributed by atoms with Gasteiger partial charge in [-0.1, -0.05) is 0 Å². The van der Waals surface area contributed by atoms with Gasteiger partial charge in [0.1, 0.15) is 11.4 Å². The SMILES string of the molecule is COc1ccc(NCc2c[nH]c3ncccc23)c(C)c1. The van der Waals surface area contributed by atoms with Gasteiger partial charge in [0.2, 0.25) is 0 Å². The molecule has 0 aliphatic rings. The Hall–Kier alpha value is -2.49. The van der Waals surface area contributed by atoms with Crippen LogP contribution in [0.1, 0.15) is 11.1 Å². The number of nitrogens with zero attached hydrogens (tertiary/aromatic N) is 1. The van der Waals surface area contributed by atoms with E-state index in [2.05, 4.69) is 28.3 Å². The molecule has 0 saturated heterocycles. The van der Waals surface area contributed by atoms with Crippen LogP contribution in [0, 0.1) is 6.92 Å². The van der Waals surface area contributed by atoms with E-state index in [0.717, 1.165) is 29.0 Å². The Bertz CT molecular complexity index is 733. The molecule has 2 N–H and O–H groups in total. The van der Waals surface area contributed by atoms with Crippen molar-refractivity contribution >= 4 is 16.7 Å². The maximum Gasteiger partial charge on any atom is 0.137 e. The molecule has 1 aromatic carbocycles. The topological polar surface area (TPSA) is 49.9 Å². The number of pyridine rings is 1. The number of hydrogen-bond donors (Lipinski definition) is 2. The lowest BCUT2D eigenvalue weighted by molar-refractivity contribution is 0.414. The number of aryl methyl sites for hydroxylation is 1. The minimum absolute atomic E-state index is 0.763. The van der Waals surface area contributed by atoms with Gasteiger partial charge < -0.3 is 15.0 Å². The summed E-state index contributed by atoms with van der Waals surface area (Å²) in [6.45, 7) is 2.83. The highest BCUT2D eigenvalue weighted by atomic mass is 16.5. The van der Waals surface area contributed by atoms with Crippen molar-refractivity contribution in [3.05, 3.63) is 53.9 Å². The number of aromatic nitrogens is 2. The molecule has 4 heteroatoms. The largest absolute Gasteiger partial charge is 0.497 e. The Morgan fingerprint density at radius 1 is 1.30 bits per heavy atom. The van der Waals surface area contributed by atoms with Crippen molar-refractivity contribution in [1.82, 2.24) is 9.97 Å². The molecular formula is C16H17N3O. The molecule has 3 rings (SSSR count). The van der Waals surface area contributed by atoms with Crippen molar-refractivity contribution in [3.8, 4) is 5.75 Å². The molecule has 0 aliphatic heterocycles. The number of anilines is 1. The molecule has 0 unspecified atom stereocenters. The third kappa shape index (κ3) is 2.32. The summed E-state index contributed by atoms with van der Waals surface area (Å²) in [4.78, 5) is 7.48. The maximum atomic E-state index is 5.22. The first kappa shape index (κ1) is 12.5. The van der Waals surface area contributed by atoms with Crippen LogP contribution >= 0.6 is 0 Å². The number of methoxy groups -OCH3 is 1. The highest BCUT2D eigenvalue weighted by Gasteiger charge is 2.05. The molecule has 0 amide bonds. The van der Waals surface area contributed by atoms with Gasteiger partial charge in [-0.2, -0.15) is 0 Å². The lowest BCUT2D eigenvalue weighted by Crippen LogP contribution is -2.00. The van der Waals surface area contributed by atoms with E-state index in [0.29, 0.717) is 0 Å². The van der Waals surface area contributed by atoms with Gasteiger partial charge in [-0.05, 0) is 48.4 Å². The molecule has 20 heavy (non-hydrogen) atoms. The number of rotatable bonds is 4. The van der Waals surface area contributed by atoms with Gasteiger partial charge in [0, 0.05) is 30.0 Å². The van der Waals surface area contributed by atoms with Gasteiger partial charge in [0.25, 0.3) is 0 Å². The van der Waals surface area contributed by atoms with E-state index in [4.69, 9.17) is 4.74 Å². The molecule has 0 spiro atoms. The molecule has 0 atom stereocenters. The molecule has 2 heterocycles. The van der Waals surface area contributed by atoms with Crippen LogP contribution in [0.15, 0.2) is 42.7 Å². The van der Waals surface area contributed by atoms with Crippen molar-refractivity contribution in [2.24, 2.45) is 0 Å². The number of nitrogens with one attached hydrogen (secondary N) is 2. The molecule has 2 aromatic heterocycles. The average Bonchev–Trinajstić information content (AvgIpc) is 2.89. The molecular weight excluding hydrogens is 250 g/mol. The average molecular weight is 267 g/mol. The Morgan fingerprint density at radius 3 is 3.00 bits per heavy atom. The van der Waals surface area contributed by atoms with Crippen LogP contribution in [-0.2, 0) is 6.54 Å². The quantitative estimate of drug-likeness (QED) is 0.760. The van der Waals surface area contributed by atoms with Crippen molar-refractivity contribution in [1.29, 1.82) is 0 Å². The van der Waals surface area contributed by atoms with Crippen molar-refractivity contribution in [3.63, 3.8) is 0 Å². The van der Waals surface area contributed by atoms with Crippen molar-refractivity contribution < 1.29 is 4.74 Å². The second-order valence-electron chi connectivity index (χ2n) is 4.75. The first-order valence-electron chi connectivity index (χ1n) is 6.57.